The molecule has 0 bridgehead atoms. The first-order chi connectivity index (χ1) is 47.6. The lowest BCUT2D eigenvalue weighted by molar-refractivity contribution is -0.161. The number of hydrogen-bond donors (Lipinski definition) is 3. The predicted octanol–water partition coefficient (Wildman–Crippen LogP) is 23.6. The molecule has 0 radical (unpaired) electrons. The summed E-state index contributed by atoms with van der Waals surface area (Å²) >= 11 is 0. The van der Waals surface area contributed by atoms with Crippen LogP contribution in [0.2, 0.25) is 0 Å². The van der Waals surface area contributed by atoms with E-state index in [9.17, 15) is 43.2 Å². The van der Waals surface area contributed by atoms with Gasteiger partial charge in [-0.05, 0) is 49.4 Å². The average Bonchev–Trinajstić information content (AvgIpc) is 0.958. The molecule has 0 saturated carbocycles. The number of hydrogen-bond acceptors (Lipinski definition) is 15. The standard InChI is InChI=1S/C80H156O17P2/c1-70(2)56-48-40-32-24-18-14-10-9-11-16-20-27-36-44-52-60-77(82)90-66-75(96-79(84)62-54-46-38-28-21-17-13-12-15-19-25-33-41-49-57-71(3)4)68-94-98(86,87)92-64-74(81)65-93-99(88,89)95-69-76(67-91-78(83)61-53-45-37-31-30-35-43-51-59-73(7)8)97-80(85)63-55-47-39-29-23-22-26-34-42-50-58-72(5)6/h70-76,81H,9-69H2,1-8H3,(H,86,87)(H,88,89)/t74?,75-,76-/m1/s1. The minimum absolute atomic E-state index is 0.105. The summed E-state index contributed by atoms with van der Waals surface area (Å²) in [6, 6.07) is 0. The zero-order valence-corrected chi connectivity index (χ0v) is 66.9. The minimum Gasteiger partial charge on any atom is -0.462 e. The fourth-order valence-electron chi connectivity index (χ4n) is 12.3. The number of aliphatic hydroxyl groups is 1. The summed E-state index contributed by atoms with van der Waals surface area (Å²) in [6.45, 7) is 14.2. The van der Waals surface area contributed by atoms with Gasteiger partial charge in [0.2, 0.25) is 0 Å². The molecule has 0 aromatic rings. The summed E-state index contributed by atoms with van der Waals surface area (Å²) in [5, 5.41) is 10.6. The van der Waals surface area contributed by atoms with E-state index in [1.807, 2.05) is 0 Å². The number of phosphoric ester groups is 2. The molecule has 0 saturated heterocycles. The molecule has 3 unspecified atom stereocenters. The van der Waals surface area contributed by atoms with Crippen molar-refractivity contribution in [3.05, 3.63) is 0 Å². The van der Waals surface area contributed by atoms with Crippen molar-refractivity contribution >= 4 is 39.5 Å². The Bertz CT molecular complexity index is 1940. The van der Waals surface area contributed by atoms with Crippen molar-refractivity contribution in [2.24, 2.45) is 23.7 Å². The molecule has 0 spiro atoms. The van der Waals surface area contributed by atoms with E-state index in [2.05, 4.69) is 55.4 Å². The maximum absolute atomic E-state index is 13.1. The third kappa shape index (κ3) is 74.1. The highest BCUT2D eigenvalue weighted by atomic mass is 31.2. The van der Waals surface area contributed by atoms with Crippen LogP contribution in [0.1, 0.15) is 409 Å². The van der Waals surface area contributed by atoms with Crippen molar-refractivity contribution in [2.75, 3.05) is 39.6 Å². The number of carbonyl (C=O) groups excluding carboxylic acids is 4. The van der Waals surface area contributed by atoms with Gasteiger partial charge in [0.1, 0.15) is 19.3 Å². The Morgan fingerprint density at radius 2 is 0.424 bits per heavy atom. The maximum atomic E-state index is 13.1. The van der Waals surface area contributed by atoms with E-state index < -0.39 is 97.5 Å². The van der Waals surface area contributed by atoms with Crippen molar-refractivity contribution < 1.29 is 80.2 Å². The van der Waals surface area contributed by atoms with E-state index in [-0.39, 0.29) is 25.7 Å². The first-order valence-electron chi connectivity index (χ1n) is 41.2. The van der Waals surface area contributed by atoms with Gasteiger partial charge in [-0.3, -0.25) is 37.3 Å². The quantitative estimate of drug-likeness (QED) is 0.0222. The molecule has 0 aliphatic carbocycles. The Labute approximate surface area is 607 Å². The monoisotopic (exact) mass is 1450 g/mol. The second-order valence-electron chi connectivity index (χ2n) is 30.7. The number of phosphoric acid groups is 2. The molecule has 588 valence electrons. The second-order valence-corrected chi connectivity index (χ2v) is 33.6. The summed E-state index contributed by atoms with van der Waals surface area (Å²) < 4.78 is 68.7. The number of aliphatic hydroxyl groups excluding tert-OH is 1. The molecular weight excluding hydrogens is 1290 g/mol. The number of esters is 4. The molecule has 0 aliphatic rings. The van der Waals surface area contributed by atoms with Gasteiger partial charge in [-0.25, -0.2) is 9.13 Å². The Balaban J connectivity index is 5.25. The van der Waals surface area contributed by atoms with Crippen LogP contribution in [0, 0.1) is 23.7 Å². The third-order valence-corrected chi connectivity index (χ3v) is 20.5. The summed E-state index contributed by atoms with van der Waals surface area (Å²) in [5.74, 6) is 0.964. The predicted molar refractivity (Wildman–Crippen MR) is 404 cm³/mol. The van der Waals surface area contributed by atoms with Crippen LogP contribution in [-0.4, -0.2) is 96.7 Å². The van der Waals surface area contributed by atoms with E-state index in [4.69, 9.17) is 37.0 Å². The number of carbonyl (C=O) groups is 4. The van der Waals surface area contributed by atoms with Gasteiger partial charge in [0.25, 0.3) is 0 Å². The van der Waals surface area contributed by atoms with Crippen LogP contribution >= 0.6 is 15.6 Å². The number of ether oxygens (including phenoxy) is 4. The second kappa shape index (κ2) is 69.1. The van der Waals surface area contributed by atoms with Crippen LogP contribution in [0.3, 0.4) is 0 Å². The van der Waals surface area contributed by atoms with E-state index in [1.165, 1.54) is 212 Å². The fraction of sp³-hybridized carbons (Fsp3) is 0.950. The first kappa shape index (κ1) is 97.1. The molecule has 3 N–H and O–H groups in total. The lowest BCUT2D eigenvalue weighted by Crippen LogP contribution is -2.30. The van der Waals surface area contributed by atoms with Gasteiger partial charge in [0.15, 0.2) is 12.2 Å². The summed E-state index contributed by atoms with van der Waals surface area (Å²) in [7, 11) is -9.92. The van der Waals surface area contributed by atoms with Gasteiger partial charge in [-0.2, -0.15) is 0 Å². The van der Waals surface area contributed by atoms with E-state index in [0.717, 1.165) is 114 Å². The molecule has 0 fully saturated rings. The van der Waals surface area contributed by atoms with Gasteiger partial charge in [0, 0.05) is 25.7 Å². The summed E-state index contributed by atoms with van der Waals surface area (Å²) in [5.41, 5.74) is 0. The molecule has 99 heavy (non-hydrogen) atoms. The highest BCUT2D eigenvalue weighted by molar-refractivity contribution is 7.47. The zero-order valence-electron chi connectivity index (χ0n) is 65.1. The molecule has 0 aromatic heterocycles. The van der Waals surface area contributed by atoms with Crippen LogP contribution in [-0.2, 0) is 65.4 Å². The Morgan fingerprint density at radius 1 is 0.253 bits per heavy atom. The molecule has 19 heteroatoms. The lowest BCUT2D eigenvalue weighted by atomic mass is 10.0. The van der Waals surface area contributed by atoms with Crippen molar-refractivity contribution in [1.82, 2.24) is 0 Å². The van der Waals surface area contributed by atoms with Gasteiger partial charge in [-0.1, -0.05) is 357 Å². The summed E-state index contributed by atoms with van der Waals surface area (Å²) in [6.07, 6.45) is 55.5. The zero-order chi connectivity index (χ0) is 73.1. The molecule has 0 rings (SSSR count). The van der Waals surface area contributed by atoms with Crippen molar-refractivity contribution in [2.45, 2.75) is 427 Å². The van der Waals surface area contributed by atoms with Crippen LogP contribution in [0.5, 0.6) is 0 Å². The molecule has 0 amide bonds. The molecular formula is C80H156O17P2. The smallest absolute Gasteiger partial charge is 0.462 e. The molecule has 0 heterocycles. The van der Waals surface area contributed by atoms with Gasteiger partial charge in [-0.15, -0.1) is 0 Å². The average molecular weight is 1450 g/mol. The number of unbranched alkanes of at least 4 members (excludes halogenated alkanes) is 43. The van der Waals surface area contributed by atoms with Crippen molar-refractivity contribution in [1.29, 1.82) is 0 Å². The van der Waals surface area contributed by atoms with Crippen LogP contribution in [0.4, 0.5) is 0 Å². The van der Waals surface area contributed by atoms with Crippen LogP contribution in [0.25, 0.3) is 0 Å². The van der Waals surface area contributed by atoms with E-state index in [1.54, 1.807) is 0 Å². The molecule has 5 atom stereocenters. The van der Waals surface area contributed by atoms with E-state index >= 15 is 0 Å². The molecule has 17 nitrogen and oxygen atoms in total. The number of rotatable bonds is 77. The molecule has 0 aromatic carbocycles. The summed E-state index contributed by atoms with van der Waals surface area (Å²) in [4.78, 5) is 73.0. The minimum atomic E-state index is -4.96. The van der Waals surface area contributed by atoms with Crippen LogP contribution in [0.15, 0.2) is 0 Å². The van der Waals surface area contributed by atoms with Crippen molar-refractivity contribution in [3.63, 3.8) is 0 Å². The Kier molecular flexibility index (Phi) is 67.8. The topological polar surface area (TPSA) is 237 Å². The highest BCUT2D eigenvalue weighted by Crippen LogP contribution is 2.45. The van der Waals surface area contributed by atoms with Gasteiger partial charge >= 0.3 is 39.5 Å². The SMILES string of the molecule is CC(C)CCCCCCCCCCCCCCCCCC(=O)OC[C@H](COP(=O)(O)OCC(O)COP(=O)(O)OC[C@@H](COC(=O)CCCCCCCCCCC(C)C)OC(=O)CCCCCCCCCCCCC(C)C)OC(=O)CCCCCCCCCCCCCCCCC(C)C. The Hall–Kier alpha value is -1.94. The highest BCUT2D eigenvalue weighted by Gasteiger charge is 2.30. The lowest BCUT2D eigenvalue weighted by Gasteiger charge is -2.21. The fourth-order valence-corrected chi connectivity index (χ4v) is 13.8. The van der Waals surface area contributed by atoms with Gasteiger partial charge < -0.3 is 33.8 Å². The largest absolute Gasteiger partial charge is 0.472 e. The third-order valence-electron chi connectivity index (χ3n) is 18.6. The maximum Gasteiger partial charge on any atom is 0.472 e. The Morgan fingerprint density at radius 3 is 0.626 bits per heavy atom. The normalized spacial score (nSPS) is 14.1. The molecule has 0 aliphatic heterocycles. The van der Waals surface area contributed by atoms with Crippen molar-refractivity contribution in [3.8, 4) is 0 Å². The van der Waals surface area contributed by atoms with E-state index in [0.29, 0.717) is 25.7 Å². The van der Waals surface area contributed by atoms with Crippen LogP contribution < -0.4 is 0 Å². The van der Waals surface area contributed by atoms with Gasteiger partial charge in [0.05, 0.1) is 26.4 Å². The first-order valence-corrected chi connectivity index (χ1v) is 44.2.